The van der Waals surface area contributed by atoms with Crippen molar-refractivity contribution in [2.24, 2.45) is 5.92 Å². The van der Waals surface area contributed by atoms with Crippen LogP contribution in [0.2, 0.25) is 0 Å². The van der Waals surface area contributed by atoms with Crippen molar-refractivity contribution in [2.45, 2.75) is 45.4 Å². The molecular formula is C12H16F2N2O2. The van der Waals surface area contributed by atoms with Crippen LogP contribution in [-0.2, 0) is 4.74 Å². The lowest BCUT2D eigenvalue weighted by atomic mass is 9.98. The predicted octanol–water partition coefficient (Wildman–Crippen LogP) is 2.13. The van der Waals surface area contributed by atoms with Crippen LogP contribution in [0.5, 0.6) is 0 Å². The van der Waals surface area contributed by atoms with Crippen molar-refractivity contribution in [3.05, 3.63) is 28.4 Å². The molecule has 0 radical (unpaired) electrons. The number of ether oxygens (including phenoxy) is 1. The van der Waals surface area contributed by atoms with Crippen LogP contribution in [0.4, 0.5) is 8.78 Å². The summed E-state index contributed by atoms with van der Waals surface area (Å²) in [5.74, 6) is -3.98. The Hall–Kier alpha value is -1.30. The Morgan fingerprint density at radius 3 is 2.72 bits per heavy atom. The summed E-state index contributed by atoms with van der Waals surface area (Å²) in [7, 11) is 0. The summed E-state index contributed by atoms with van der Waals surface area (Å²) in [6, 6.07) is 1.52. The van der Waals surface area contributed by atoms with Crippen LogP contribution >= 0.6 is 0 Å². The zero-order valence-electron chi connectivity index (χ0n) is 10.6. The van der Waals surface area contributed by atoms with Crippen molar-refractivity contribution in [3.63, 3.8) is 0 Å². The summed E-state index contributed by atoms with van der Waals surface area (Å²) >= 11 is 0. The van der Waals surface area contributed by atoms with Crippen molar-refractivity contribution >= 4 is 0 Å². The Balaban J connectivity index is 2.42. The second-order valence-electron chi connectivity index (χ2n) is 4.66. The van der Waals surface area contributed by atoms with E-state index in [9.17, 15) is 13.6 Å². The van der Waals surface area contributed by atoms with E-state index in [2.05, 4.69) is 4.98 Å². The third-order valence-corrected chi connectivity index (χ3v) is 3.42. The molecular weight excluding hydrogens is 242 g/mol. The fraction of sp³-hybridized carbons (Fsp3) is 0.667. The molecule has 1 aromatic heterocycles. The molecule has 0 aromatic carbocycles. The standard InChI is InChI=1S/C12H16F2N2O2/c1-4-9-8(3)12(13,14)10(18-9)16-6-5-7(2)15-11(16)17/h5-6,8-10H,4H2,1-3H3/t8-,9+,10+/m0/s1. The number of rotatable bonds is 2. The maximum Gasteiger partial charge on any atom is 0.350 e. The van der Waals surface area contributed by atoms with Gasteiger partial charge in [-0.3, -0.25) is 4.57 Å². The van der Waals surface area contributed by atoms with Crippen LogP contribution < -0.4 is 5.69 Å². The summed E-state index contributed by atoms with van der Waals surface area (Å²) in [5.41, 5.74) is -0.207. The Morgan fingerprint density at radius 1 is 1.56 bits per heavy atom. The maximum atomic E-state index is 14.1. The van der Waals surface area contributed by atoms with Crippen LogP contribution in [-0.4, -0.2) is 21.6 Å². The monoisotopic (exact) mass is 258 g/mol. The van der Waals surface area contributed by atoms with Gasteiger partial charge in [-0.2, -0.15) is 4.98 Å². The van der Waals surface area contributed by atoms with Gasteiger partial charge in [-0.15, -0.1) is 0 Å². The third-order valence-electron chi connectivity index (χ3n) is 3.42. The fourth-order valence-corrected chi connectivity index (χ4v) is 2.22. The van der Waals surface area contributed by atoms with Gasteiger partial charge in [-0.05, 0) is 19.4 Å². The van der Waals surface area contributed by atoms with Crippen LogP contribution in [0.15, 0.2) is 17.1 Å². The summed E-state index contributed by atoms with van der Waals surface area (Å²) < 4.78 is 34.4. The second kappa shape index (κ2) is 4.42. The van der Waals surface area contributed by atoms with E-state index in [-0.39, 0.29) is 0 Å². The van der Waals surface area contributed by atoms with Crippen LogP contribution in [0.1, 0.15) is 32.2 Å². The van der Waals surface area contributed by atoms with Gasteiger partial charge in [0.15, 0.2) is 0 Å². The van der Waals surface area contributed by atoms with Gasteiger partial charge in [0, 0.05) is 11.9 Å². The molecule has 1 saturated heterocycles. The van der Waals surface area contributed by atoms with Crippen molar-refractivity contribution in [2.75, 3.05) is 0 Å². The molecule has 0 bridgehead atoms. The number of aromatic nitrogens is 2. The minimum absolute atomic E-state index is 0.487. The van der Waals surface area contributed by atoms with Gasteiger partial charge < -0.3 is 4.74 Å². The highest BCUT2D eigenvalue weighted by Gasteiger charge is 2.57. The van der Waals surface area contributed by atoms with E-state index in [0.717, 1.165) is 4.57 Å². The summed E-state index contributed by atoms with van der Waals surface area (Å²) in [6.07, 6.45) is -0.300. The van der Waals surface area contributed by atoms with E-state index in [0.29, 0.717) is 12.1 Å². The molecule has 0 spiro atoms. The smallest absolute Gasteiger partial charge is 0.348 e. The van der Waals surface area contributed by atoms with Gasteiger partial charge >= 0.3 is 5.69 Å². The zero-order valence-corrected chi connectivity index (χ0v) is 10.6. The van der Waals surface area contributed by atoms with E-state index in [1.54, 1.807) is 13.8 Å². The number of aryl methyl sites for hydroxylation is 1. The van der Waals surface area contributed by atoms with E-state index < -0.39 is 29.9 Å². The normalized spacial score (nSPS) is 30.6. The van der Waals surface area contributed by atoms with Gasteiger partial charge in [0.2, 0.25) is 6.23 Å². The Morgan fingerprint density at radius 2 is 2.22 bits per heavy atom. The van der Waals surface area contributed by atoms with Gasteiger partial charge in [0.25, 0.3) is 5.92 Å². The quantitative estimate of drug-likeness (QED) is 0.816. The number of halogens is 2. The lowest BCUT2D eigenvalue weighted by Gasteiger charge is -2.21. The fourth-order valence-electron chi connectivity index (χ4n) is 2.22. The first-order valence-corrected chi connectivity index (χ1v) is 5.97. The highest BCUT2D eigenvalue weighted by molar-refractivity contribution is 5.00. The SMILES string of the molecule is CC[C@H]1O[C@@H](n2ccc(C)nc2=O)C(F)(F)[C@H]1C. The summed E-state index contributed by atoms with van der Waals surface area (Å²) in [4.78, 5) is 15.3. The van der Waals surface area contributed by atoms with Gasteiger partial charge in [0.05, 0.1) is 12.0 Å². The van der Waals surface area contributed by atoms with Crippen molar-refractivity contribution < 1.29 is 13.5 Å². The topological polar surface area (TPSA) is 44.1 Å². The minimum atomic E-state index is -3.07. The number of hydrogen-bond donors (Lipinski definition) is 0. The van der Waals surface area contributed by atoms with Crippen LogP contribution in [0, 0.1) is 12.8 Å². The van der Waals surface area contributed by atoms with E-state index >= 15 is 0 Å². The minimum Gasteiger partial charge on any atom is -0.348 e. The second-order valence-corrected chi connectivity index (χ2v) is 4.66. The van der Waals surface area contributed by atoms with Crippen LogP contribution in [0.3, 0.4) is 0 Å². The third kappa shape index (κ3) is 1.94. The largest absolute Gasteiger partial charge is 0.350 e. The Labute approximate surface area is 104 Å². The number of hydrogen-bond acceptors (Lipinski definition) is 3. The molecule has 0 N–H and O–H groups in total. The molecule has 100 valence electrons. The molecule has 2 rings (SSSR count). The molecule has 1 aromatic rings. The lowest BCUT2D eigenvalue weighted by Crippen LogP contribution is -2.37. The molecule has 3 atom stereocenters. The maximum absolute atomic E-state index is 14.1. The molecule has 1 fully saturated rings. The highest BCUT2D eigenvalue weighted by atomic mass is 19.3. The molecule has 4 nitrogen and oxygen atoms in total. The van der Waals surface area contributed by atoms with Crippen molar-refractivity contribution in [1.29, 1.82) is 0 Å². The Kier molecular flexibility index (Phi) is 3.23. The average molecular weight is 258 g/mol. The number of alkyl halides is 2. The van der Waals surface area contributed by atoms with Gasteiger partial charge in [-0.25, -0.2) is 13.6 Å². The zero-order chi connectivity index (χ0) is 13.5. The molecule has 0 aliphatic carbocycles. The predicted molar refractivity (Wildman–Crippen MR) is 61.5 cm³/mol. The van der Waals surface area contributed by atoms with Gasteiger partial charge in [-0.1, -0.05) is 13.8 Å². The average Bonchev–Trinajstić information content (AvgIpc) is 2.52. The lowest BCUT2D eigenvalue weighted by molar-refractivity contribution is -0.125. The first-order chi connectivity index (χ1) is 8.37. The first-order valence-electron chi connectivity index (χ1n) is 5.97. The molecule has 2 heterocycles. The molecule has 0 amide bonds. The molecule has 1 aliphatic heterocycles. The van der Waals surface area contributed by atoms with E-state index in [1.165, 1.54) is 19.2 Å². The van der Waals surface area contributed by atoms with Gasteiger partial charge in [0.1, 0.15) is 0 Å². The summed E-state index contributed by atoms with van der Waals surface area (Å²) in [6.45, 7) is 4.87. The molecule has 0 unspecified atom stereocenters. The molecule has 1 aliphatic rings. The van der Waals surface area contributed by atoms with Crippen molar-refractivity contribution in [3.8, 4) is 0 Å². The first kappa shape index (κ1) is 13.1. The van der Waals surface area contributed by atoms with E-state index in [4.69, 9.17) is 4.74 Å². The molecule has 6 heteroatoms. The van der Waals surface area contributed by atoms with Crippen LogP contribution in [0.25, 0.3) is 0 Å². The van der Waals surface area contributed by atoms with Crippen molar-refractivity contribution in [1.82, 2.24) is 9.55 Å². The molecule has 18 heavy (non-hydrogen) atoms. The van der Waals surface area contributed by atoms with E-state index in [1.807, 2.05) is 0 Å². The number of nitrogens with zero attached hydrogens (tertiary/aromatic N) is 2. The summed E-state index contributed by atoms with van der Waals surface area (Å²) in [5, 5.41) is 0. The Bertz CT molecular complexity index is 501. The highest BCUT2D eigenvalue weighted by Crippen LogP contribution is 2.46. The molecule has 0 saturated carbocycles.